The number of aromatic nitrogens is 2. The molecule has 2 aromatic rings. The summed E-state index contributed by atoms with van der Waals surface area (Å²) in [5.74, 6) is -1.57. The normalized spacial score (nSPS) is 15.9. The summed E-state index contributed by atoms with van der Waals surface area (Å²) in [6.07, 6.45) is 5.77. The van der Waals surface area contributed by atoms with Gasteiger partial charge < -0.3 is 24.3 Å². The summed E-state index contributed by atoms with van der Waals surface area (Å²) in [7, 11) is 0. The number of hydrogen-bond donors (Lipinski definition) is 1. The van der Waals surface area contributed by atoms with E-state index < -0.39 is 17.9 Å². The Morgan fingerprint density at radius 1 is 0.889 bits per heavy atom. The van der Waals surface area contributed by atoms with Gasteiger partial charge in [0, 0.05) is 48.0 Å². The monoisotopic (exact) mass is 491 g/mol. The van der Waals surface area contributed by atoms with Crippen LogP contribution < -0.4 is 5.32 Å². The number of esters is 2. The molecule has 9 nitrogen and oxygen atoms in total. The molecule has 2 aromatic heterocycles. The van der Waals surface area contributed by atoms with Crippen LogP contribution in [-0.4, -0.2) is 48.3 Å². The van der Waals surface area contributed by atoms with Gasteiger partial charge >= 0.3 is 11.9 Å². The van der Waals surface area contributed by atoms with Crippen LogP contribution in [0.4, 0.5) is 0 Å². The summed E-state index contributed by atoms with van der Waals surface area (Å²) in [4.78, 5) is 35.1. The van der Waals surface area contributed by atoms with Crippen LogP contribution in [0, 0.1) is 5.92 Å². The molecule has 0 amide bonds. The molecule has 0 bridgehead atoms. The van der Waals surface area contributed by atoms with Crippen LogP contribution in [0.15, 0.2) is 83.4 Å². The zero-order chi connectivity index (χ0) is 25.3. The van der Waals surface area contributed by atoms with E-state index in [0.717, 1.165) is 11.4 Å². The maximum atomic E-state index is 13.3. The highest BCUT2D eigenvalue weighted by Gasteiger charge is 2.41. The maximum Gasteiger partial charge on any atom is 0.336 e. The van der Waals surface area contributed by atoms with Crippen LogP contribution in [0.5, 0.6) is 0 Å². The van der Waals surface area contributed by atoms with E-state index in [1.807, 2.05) is 36.4 Å². The summed E-state index contributed by atoms with van der Waals surface area (Å²) in [5, 5.41) is 3.14. The molecule has 2 aliphatic heterocycles. The lowest BCUT2D eigenvalue weighted by atomic mass is 9.84. The molecule has 0 aromatic carbocycles. The molecule has 9 heteroatoms. The van der Waals surface area contributed by atoms with Crippen LogP contribution in [0.25, 0.3) is 0 Å². The molecule has 2 aliphatic rings. The molecule has 4 rings (SSSR count). The first kappa shape index (κ1) is 25.0. The summed E-state index contributed by atoms with van der Waals surface area (Å²) in [5.41, 5.74) is 3.31. The smallest absolute Gasteiger partial charge is 0.336 e. The average Bonchev–Trinajstić information content (AvgIpc) is 2.90. The van der Waals surface area contributed by atoms with Crippen LogP contribution in [0.2, 0.25) is 0 Å². The predicted molar refractivity (Wildman–Crippen MR) is 130 cm³/mol. The summed E-state index contributed by atoms with van der Waals surface area (Å²) in [6, 6.07) is 11.1. The van der Waals surface area contributed by atoms with Gasteiger partial charge in [-0.25, -0.2) is 9.59 Å². The number of hydrogen-bond acceptors (Lipinski definition) is 9. The van der Waals surface area contributed by atoms with Crippen molar-refractivity contribution in [2.45, 2.75) is 26.7 Å². The van der Waals surface area contributed by atoms with Crippen LogP contribution in [-0.2, 0) is 41.4 Å². The number of ether oxygens (including phenoxy) is 4. The van der Waals surface area contributed by atoms with Crippen molar-refractivity contribution in [1.29, 1.82) is 0 Å². The van der Waals surface area contributed by atoms with Gasteiger partial charge in [0.05, 0.1) is 30.3 Å². The largest absolute Gasteiger partial charge is 0.494 e. The fourth-order valence-corrected chi connectivity index (χ4v) is 4.10. The lowest BCUT2D eigenvalue weighted by Crippen LogP contribution is -2.36. The minimum absolute atomic E-state index is 0.141. The Hall–Kier alpha value is -4.14. The van der Waals surface area contributed by atoms with E-state index in [4.69, 9.17) is 18.9 Å². The second-order valence-corrected chi connectivity index (χ2v) is 8.29. The third-order valence-corrected chi connectivity index (χ3v) is 5.79. The van der Waals surface area contributed by atoms with Crippen LogP contribution >= 0.6 is 0 Å². The van der Waals surface area contributed by atoms with Crippen molar-refractivity contribution in [2.24, 2.45) is 5.92 Å². The number of allylic oxidation sites excluding steroid dienone is 3. The van der Waals surface area contributed by atoms with Gasteiger partial charge in [-0.15, -0.1) is 0 Å². The molecule has 0 unspecified atom stereocenters. The quantitative estimate of drug-likeness (QED) is 0.530. The van der Waals surface area contributed by atoms with Gasteiger partial charge in [0.2, 0.25) is 0 Å². The molecule has 188 valence electrons. The third kappa shape index (κ3) is 6.10. The molecular formula is C27H29N3O6. The van der Waals surface area contributed by atoms with Gasteiger partial charge in [-0.1, -0.05) is 12.1 Å². The van der Waals surface area contributed by atoms with Crippen molar-refractivity contribution < 1.29 is 28.5 Å². The Kier molecular flexibility index (Phi) is 8.33. The van der Waals surface area contributed by atoms with Crippen molar-refractivity contribution in [3.8, 4) is 0 Å². The number of carbonyl (C=O) groups excluding carboxylic acids is 2. The maximum absolute atomic E-state index is 13.3. The van der Waals surface area contributed by atoms with Gasteiger partial charge in [0.15, 0.2) is 0 Å². The van der Waals surface area contributed by atoms with Gasteiger partial charge in [0.25, 0.3) is 0 Å². The fraction of sp³-hybridized carbons (Fsp3) is 0.333. The molecule has 0 radical (unpaired) electrons. The Morgan fingerprint density at radius 3 is 1.89 bits per heavy atom. The fourth-order valence-electron chi connectivity index (χ4n) is 4.10. The van der Waals surface area contributed by atoms with E-state index in [1.54, 1.807) is 26.2 Å². The van der Waals surface area contributed by atoms with E-state index >= 15 is 0 Å². The standard InChI is InChI=1S/C27H29N3O6/c1-18-23(26(31)35-13-9-20-7-3-5-11-28-20)25(22-17-33-15-16-34-22)24(19(2)30-18)27(32)36-14-10-21-8-4-6-12-29-21/h3-8,11-12,17,25,30H,9-10,13-16H2,1-2H3. The zero-order valence-corrected chi connectivity index (χ0v) is 20.4. The lowest BCUT2D eigenvalue weighted by molar-refractivity contribution is -0.140. The number of carbonyl (C=O) groups is 2. The average molecular weight is 492 g/mol. The van der Waals surface area contributed by atoms with Crippen LogP contribution in [0.1, 0.15) is 25.2 Å². The summed E-state index contributed by atoms with van der Waals surface area (Å²) >= 11 is 0. The first-order valence-electron chi connectivity index (χ1n) is 11.8. The van der Waals surface area contributed by atoms with Crippen molar-refractivity contribution in [1.82, 2.24) is 15.3 Å². The molecule has 4 heterocycles. The highest BCUT2D eigenvalue weighted by atomic mass is 16.6. The third-order valence-electron chi connectivity index (χ3n) is 5.79. The molecule has 0 atom stereocenters. The molecular weight excluding hydrogens is 462 g/mol. The van der Waals surface area contributed by atoms with E-state index in [1.165, 1.54) is 6.26 Å². The molecule has 1 N–H and O–H groups in total. The van der Waals surface area contributed by atoms with Gasteiger partial charge in [-0.2, -0.15) is 0 Å². The van der Waals surface area contributed by atoms with Crippen LogP contribution in [0.3, 0.4) is 0 Å². The number of pyridine rings is 2. The molecule has 0 aliphatic carbocycles. The van der Waals surface area contributed by atoms with E-state index in [2.05, 4.69) is 15.3 Å². The zero-order valence-electron chi connectivity index (χ0n) is 20.4. The Morgan fingerprint density at radius 2 is 1.44 bits per heavy atom. The Balaban J connectivity index is 1.51. The van der Waals surface area contributed by atoms with Crippen molar-refractivity contribution in [3.05, 3.63) is 94.7 Å². The molecule has 0 saturated carbocycles. The first-order valence-corrected chi connectivity index (χ1v) is 11.8. The van der Waals surface area contributed by atoms with Gasteiger partial charge in [0.1, 0.15) is 25.2 Å². The minimum Gasteiger partial charge on any atom is -0.494 e. The second-order valence-electron chi connectivity index (χ2n) is 8.29. The second kappa shape index (κ2) is 12.0. The van der Waals surface area contributed by atoms with E-state index in [9.17, 15) is 9.59 Å². The summed E-state index contributed by atoms with van der Waals surface area (Å²) < 4.78 is 22.5. The molecule has 0 saturated heterocycles. The topological polar surface area (TPSA) is 109 Å². The lowest BCUT2D eigenvalue weighted by Gasteiger charge is -2.32. The molecule has 0 fully saturated rings. The van der Waals surface area contributed by atoms with E-state index in [-0.39, 0.29) is 24.4 Å². The summed E-state index contributed by atoms with van der Waals surface area (Å²) in [6.45, 7) is 4.49. The number of dihydropyridines is 1. The molecule has 36 heavy (non-hydrogen) atoms. The minimum atomic E-state index is -0.823. The van der Waals surface area contributed by atoms with Gasteiger partial charge in [-0.05, 0) is 38.1 Å². The number of nitrogens with zero attached hydrogens (tertiary/aromatic N) is 2. The molecule has 0 spiro atoms. The van der Waals surface area contributed by atoms with Gasteiger partial charge in [-0.3, -0.25) is 9.97 Å². The first-order chi connectivity index (χ1) is 17.5. The van der Waals surface area contributed by atoms with Crippen molar-refractivity contribution >= 4 is 11.9 Å². The predicted octanol–water partition coefficient (Wildman–Crippen LogP) is 3.00. The van der Waals surface area contributed by atoms with E-state index in [0.29, 0.717) is 43.2 Å². The van der Waals surface area contributed by atoms with Crippen molar-refractivity contribution in [3.63, 3.8) is 0 Å². The highest BCUT2D eigenvalue weighted by molar-refractivity contribution is 5.98. The number of nitrogens with one attached hydrogen (secondary N) is 1. The Labute approximate surface area is 209 Å². The Bertz CT molecular complexity index is 1100. The number of rotatable bonds is 9. The highest BCUT2D eigenvalue weighted by Crippen LogP contribution is 2.37. The SMILES string of the molecule is CC1=C(C(=O)OCCc2ccccn2)C(C2=COCCO2)C(C(=O)OCCc2ccccn2)=C(C)N1. The van der Waals surface area contributed by atoms with Crippen molar-refractivity contribution in [2.75, 3.05) is 26.4 Å².